The maximum Gasteiger partial charge on any atom is 0.242 e. The van der Waals surface area contributed by atoms with Gasteiger partial charge < -0.3 is 9.84 Å². The van der Waals surface area contributed by atoms with E-state index in [0.717, 1.165) is 12.8 Å². The van der Waals surface area contributed by atoms with Crippen molar-refractivity contribution in [1.29, 1.82) is 0 Å². The SMILES string of the molecule is CC(O)c1cccc(S(=O)(=O)N(C)CC2CCCO2)c1. The first-order valence-corrected chi connectivity index (χ1v) is 8.21. The molecule has 2 rings (SSSR count). The van der Waals surface area contributed by atoms with E-state index in [2.05, 4.69) is 0 Å². The van der Waals surface area contributed by atoms with Gasteiger partial charge in [0.1, 0.15) is 0 Å². The highest BCUT2D eigenvalue weighted by molar-refractivity contribution is 7.89. The van der Waals surface area contributed by atoms with Gasteiger partial charge in [-0.3, -0.25) is 0 Å². The third kappa shape index (κ3) is 3.38. The van der Waals surface area contributed by atoms with Crippen LogP contribution < -0.4 is 0 Å². The van der Waals surface area contributed by atoms with Gasteiger partial charge in [-0.15, -0.1) is 0 Å². The van der Waals surface area contributed by atoms with Crippen molar-refractivity contribution >= 4 is 10.0 Å². The summed E-state index contributed by atoms with van der Waals surface area (Å²) < 4.78 is 31.8. The van der Waals surface area contributed by atoms with E-state index in [1.54, 1.807) is 32.2 Å². The summed E-state index contributed by atoms with van der Waals surface area (Å²) >= 11 is 0. The van der Waals surface area contributed by atoms with E-state index in [-0.39, 0.29) is 11.0 Å². The molecular formula is C14H21NO4S. The maximum atomic E-state index is 12.5. The molecule has 1 aromatic rings. The molecule has 20 heavy (non-hydrogen) atoms. The van der Waals surface area contributed by atoms with Crippen molar-refractivity contribution in [1.82, 2.24) is 4.31 Å². The predicted molar refractivity (Wildman–Crippen MR) is 75.9 cm³/mol. The van der Waals surface area contributed by atoms with E-state index in [1.807, 2.05) is 0 Å². The fourth-order valence-electron chi connectivity index (χ4n) is 2.29. The number of aliphatic hydroxyl groups is 1. The molecule has 6 heteroatoms. The molecule has 2 atom stereocenters. The monoisotopic (exact) mass is 299 g/mol. The van der Waals surface area contributed by atoms with Crippen LogP contribution in [0, 0.1) is 0 Å². The molecule has 1 saturated heterocycles. The topological polar surface area (TPSA) is 66.8 Å². The Bertz CT molecular complexity index is 550. The lowest BCUT2D eigenvalue weighted by atomic mass is 10.1. The van der Waals surface area contributed by atoms with E-state index in [1.165, 1.54) is 10.4 Å². The van der Waals surface area contributed by atoms with Crippen LogP contribution in [0.25, 0.3) is 0 Å². The van der Waals surface area contributed by atoms with Crippen molar-refractivity contribution in [2.24, 2.45) is 0 Å². The lowest BCUT2D eigenvalue weighted by Crippen LogP contribution is -2.34. The molecule has 1 aliphatic heterocycles. The van der Waals surface area contributed by atoms with Crippen LogP contribution in [0.1, 0.15) is 31.4 Å². The molecule has 0 aromatic heterocycles. The zero-order chi connectivity index (χ0) is 14.8. The smallest absolute Gasteiger partial charge is 0.242 e. The van der Waals surface area contributed by atoms with Gasteiger partial charge >= 0.3 is 0 Å². The van der Waals surface area contributed by atoms with Gasteiger partial charge in [0.15, 0.2) is 0 Å². The molecule has 112 valence electrons. The van der Waals surface area contributed by atoms with Gasteiger partial charge in [-0.05, 0) is 37.5 Å². The number of aliphatic hydroxyl groups excluding tert-OH is 1. The number of hydrogen-bond acceptors (Lipinski definition) is 4. The number of sulfonamides is 1. The van der Waals surface area contributed by atoms with Crippen LogP contribution in [-0.2, 0) is 14.8 Å². The minimum absolute atomic E-state index is 0.0188. The van der Waals surface area contributed by atoms with Gasteiger partial charge in [0, 0.05) is 20.2 Å². The van der Waals surface area contributed by atoms with Gasteiger partial charge in [0.25, 0.3) is 0 Å². The van der Waals surface area contributed by atoms with Crippen molar-refractivity contribution in [3.05, 3.63) is 29.8 Å². The fourth-order valence-corrected chi connectivity index (χ4v) is 3.55. The van der Waals surface area contributed by atoms with Crippen LogP contribution in [0.5, 0.6) is 0 Å². The molecule has 0 bridgehead atoms. The second-order valence-corrected chi connectivity index (χ2v) is 7.21. The second kappa shape index (κ2) is 6.22. The maximum absolute atomic E-state index is 12.5. The van der Waals surface area contributed by atoms with Gasteiger partial charge in [0.05, 0.1) is 17.1 Å². The Morgan fingerprint density at radius 3 is 2.85 bits per heavy atom. The van der Waals surface area contributed by atoms with E-state index in [9.17, 15) is 13.5 Å². The Morgan fingerprint density at radius 1 is 1.50 bits per heavy atom. The average molecular weight is 299 g/mol. The molecule has 1 aliphatic rings. The molecular weight excluding hydrogens is 278 g/mol. The van der Waals surface area contributed by atoms with E-state index < -0.39 is 16.1 Å². The van der Waals surface area contributed by atoms with Gasteiger partial charge in [-0.2, -0.15) is 4.31 Å². The first-order valence-electron chi connectivity index (χ1n) is 6.77. The third-order valence-corrected chi connectivity index (χ3v) is 5.35. The van der Waals surface area contributed by atoms with Crippen LogP contribution in [0.3, 0.4) is 0 Å². The van der Waals surface area contributed by atoms with E-state index in [4.69, 9.17) is 4.74 Å². The normalized spacial score (nSPS) is 21.3. The van der Waals surface area contributed by atoms with E-state index in [0.29, 0.717) is 18.7 Å². The zero-order valence-corrected chi connectivity index (χ0v) is 12.6. The van der Waals surface area contributed by atoms with Crippen molar-refractivity contribution in [3.8, 4) is 0 Å². The summed E-state index contributed by atoms with van der Waals surface area (Å²) in [4.78, 5) is 0.205. The molecule has 1 heterocycles. The second-order valence-electron chi connectivity index (χ2n) is 5.17. The Hall–Kier alpha value is -0.950. The fraction of sp³-hybridized carbons (Fsp3) is 0.571. The summed E-state index contributed by atoms with van der Waals surface area (Å²) in [6.07, 6.45) is 1.17. The summed E-state index contributed by atoms with van der Waals surface area (Å²) in [5.41, 5.74) is 0.594. The summed E-state index contributed by atoms with van der Waals surface area (Å²) in [6, 6.07) is 6.43. The third-order valence-electron chi connectivity index (χ3n) is 3.53. The predicted octanol–water partition coefficient (Wildman–Crippen LogP) is 1.54. The average Bonchev–Trinajstić information content (AvgIpc) is 2.91. The molecule has 0 saturated carbocycles. The number of ether oxygens (including phenoxy) is 1. The van der Waals surface area contributed by atoms with Crippen molar-refractivity contribution in [2.45, 2.75) is 36.9 Å². The van der Waals surface area contributed by atoms with Crippen molar-refractivity contribution in [3.63, 3.8) is 0 Å². The Morgan fingerprint density at radius 2 is 2.25 bits per heavy atom. The molecule has 0 spiro atoms. The van der Waals surface area contributed by atoms with Gasteiger partial charge in [-0.1, -0.05) is 12.1 Å². The highest BCUT2D eigenvalue weighted by atomic mass is 32.2. The number of hydrogen-bond donors (Lipinski definition) is 1. The van der Waals surface area contributed by atoms with Crippen LogP contribution in [0.2, 0.25) is 0 Å². The van der Waals surface area contributed by atoms with Crippen molar-refractivity contribution < 1.29 is 18.3 Å². The largest absolute Gasteiger partial charge is 0.389 e. The molecule has 1 aromatic carbocycles. The van der Waals surface area contributed by atoms with Crippen LogP contribution in [0.15, 0.2) is 29.2 Å². The molecule has 0 amide bonds. The standard InChI is InChI=1S/C14H21NO4S/c1-11(16)12-5-3-7-14(9-12)20(17,18)15(2)10-13-6-4-8-19-13/h3,5,7,9,11,13,16H,4,6,8,10H2,1-2H3. The quantitative estimate of drug-likeness (QED) is 0.895. The highest BCUT2D eigenvalue weighted by Gasteiger charge is 2.26. The first-order chi connectivity index (χ1) is 9.41. The Balaban J connectivity index is 2.18. The lowest BCUT2D eigenvalue weighted by molar-refractivity contribution is 0.0979. The molecule has 0 radical (unpaired) electrons. The minimum atomic E-state index is -3.54. The molecule has 1 fully saturated rings. The zero-order valence-electron chi connectivity index (χ0n) is 11.8. The van der Waals surface area contributed by atoms with E-state index >= 15 is 0 Å². The molecule has 5 nitrogen and oxygen atoms in total. The van der Waals surface area contributed by atoms with Crippen LogP contribution >= 0.6 is 0 Å². The molecule has 0 aliphatic carbocycles. The Kier molecular flexibility index (Phi) is 4.80. The molecule has 1 N–H and O–H groups in total. The van der Waals surface area contributed by atoms with Crippen LogP contribution in [0.4, 0.5) is 0 Å². The highest BCUT2D eigenvalue weighted by Crippen LogP contribution is 2.21. The van der Waals surface area contributed by atoms with Gasteiger partial charge in [0.2, 0.25) is 10.0 Å². The number of nitrogens with zero attached hydrogens (tertiary/aromatic N) is 1. The minimum Gasteiger partial charge on any atom is -0.389 e. The number of rotatable bonds is 5. The first kappa shape index (κ1) is 15.4. The summed E-state index contributed by atoms with van der Waals surface area (Å²) in [5, 5.41) is 9.55. The number of likely N-dealkylation sites (N-methyl/N-ethyl adjacent to an activating group) is 1. The van der Waals surface area contributed by atoms with Gasteiger partial charge in [-0.25, -0.2) is 8.42 Å². The summed E-state index contributed by atoms with van der Waals surface area (Å²) in [7, 11) is -1.98. The number of benzene rings is 1. The Labute approximate surface area is 120 Å². The summed E-state index contributed by atoms with van der Waals surface area (Å²) in [5.74, 6) is 0. The lowest BCUT2D eigenvalue weighted by Gasteiger charge is -2.21. The summed E-state index contributed by atoms with van der Waals surface area (Å²) in [6.45, 7) is 2.68. The van der Waals surface area contributed by atoms with Crippen molar-refractivity contribution in [2.75, 3.05) is 20.2 Å². The van der Waals surface area contributed by atoms with Crippen LogP contribution in [-0.4, -0.2) is 44.1 Å². The molecule has 2 unspecified atom stereocenters.